The number of rotatable bonds is 20. The summed E-state index contributed by atoms with van der Waals surface area (Å²) < 4.78 is 0. The molecule has 39 heavy (non-hydrogen) atoms. The highest BCUT2D eigenvalue weighted by atomic mass is 32.2. The van der Waals surface area contributed by atoms with E-state index in [9.17, 15) is 4.79 Å². The minimum Gasteiger partial charge on any atom is -0.289 e. The lowest BCUT2D eigenvalue weighted by atomic mass is 10.0. The summed E-state index contributed by atoms with van der Waals surface area (Å²) in [5, 5.41) is 0. The third-order valence-electron chi connectivity index (χ3n) is 7.35. The van der Waals surface area contributed by atoms with Gasteiger partial charge < -0.3 is 0 Å². The van der Waals surface area contributed by atoms with Gasteiger partial charge in [0.15, 0.2) is 5.78 Å². The summed E-state index contributed by atoms with van der Waals surface area (Å²) in [4.78, 5) is 13.9. The Labute approximate surface area is 242 Å². The number of thioether (sulfide) groups is 1. The SMILES string of the molecule is CCCCCCCCCCCCCCCCSc1ccc(C=CC(=O)c2ccc(-c3ccccc3)cc2)cc1. The molecule has 0 saturated carbocycles. The van der Waals surface area contributed by atoms with E-state index in [1.165, 1.54) is 101 Å². The predicted octanol–water partition coefficient (Wildman–Crippen LogP) is 11.8. The van der Waals surface area contributed by atoms with Crippen molar-refractivity contribution in [3.63, 3.8) is 0 Å². The van der Waals surface area contributed by atoms with Crippen LogP contribution in [0.2, 0.25) is 0 Å². The van der Waals surface area contributed by atoms with Crippen molar-refractivity contribution in [1.82, 2.24) is 0 Å². The van der Waals surface area contributed by atoms with Gasteiger partial charge in [0.25, 0.3) is 0 Å². The standard InChI is InChI=1S/C37H48OS/c1-2-3-4-5-6-7-8-9-10-11-12-13-14-18-31-39-36-28-21-32(22-29-36)23-30-37(38)35-26-24-34(25-27-35)33-19-16-15-17-20-33/h15-17,19-30H,2-14,18,31H2,1H3. The van der Waals surface area contributed by atoms with Crippen molar-refractivity contribution in [2.45, 2.75) is 102 Å². The number of allylic oxidation sites excluding steroid dienone is 1. The Kier molecular flexibility index (Phi) is 15.5. The van der Waals surface area contributed by atoms with Gasteiger partial charge >= 0.3 is 0 Å². The van der Waals surface area contributed by atoms with E-state index in [-0.39, 0.29) is 5.78 Å². The van der Waals surface area contributed by atoms with E-state index in [0.717, 1.165) is 16.7 Å². The molecule has 0 aliphatic carbocycles. The third kappa shape index (κ3) is 12.9. The predicted molar refractivity (Wildman–Crippen MR) is 173 cm³/mol. The first-order valence-corrected chi connectivity index (χ1v) is 16.4. The maximum atomic E-state index is 12.6. The van der Waals surface area contributed by atoms with Gasteiger partial charge in [-0.15, -0.1) is 11.8 Å². The highest BCUT2D eigenvalue weighted by Crippen LogP contribution is 2.22. The Hall–Kier alpha value is -2.58. The zero-order valence-corrected chi connectivity index (χ0v) is 24.9. The number of hydrogen-bond acceptors (Lipinski definition) is 2. The minimum atomic E-state index is 0.0332. The summed E-state index contributed by atoms with van der Waals surface area (Å²) in [7, 11) is 0. The molecule has 3 rings (SSSR count). The summed E-state index contributed by atoms with van der Waals surface area (Å²) in [6.45, 7) is 2.29. The lowest BCUT2D eigenvalue weighted by molar-refractivity contribution is 0.104. The van der Waals surface area contributed by atoms with Gasteiger partial charge in [-0.3, -0.25) is 4.79 Å². The van der Waals surface area contributed by atoms with Crippen molar-refractivity contribution >= 4 is 23.6 Å². The molecule has 0 saturated heterocycles. The van der Waals surface area contributed by atoms with Crippen LogP contribution in [0.4, 0.5) is 0 Å². The lowest BCUT2D eigenvalue weighted by Gasteiger charge is -2.04. The molecule has 0 amide bonds. The Bertz CT molecular complexity index is 1070. The molecule has 0 aromatic heterocycles. The summed E-state index contributed by atoms with van der Waals surface area (Å²) in [5.41, 5.74) is 4.06. The van der Waals surface area contributed by atoms with Crippen LogP contribution in [0, 0.1) is 0 Å². The number of carbonyl (C=O) groups is 1. The van der Waals surface area contributed by atoms with Gasteiger partial charge in [0.2, 0.25) is 0 Å². The average molecular weight is 541 g/mol. The number of hydrogen-bond donors (Lipinski definition) is 0. The summed E-state index contributed by atoms with van der Waals surface area (Å²) in [5.74, 6) is 1.22. The van der Waals surface area contributed by atoms with E-state index in [4.69, 9.17) is 0 Å². The highest BCUT2D eigenvalue weighted by Gasteiger charge is 2.03. The first-order chi connectivity index (χ1) is 19.3. The normalized spacial score (nSPS) is 11.3. The number of unbranched alkanes of at least 4 members (excludes halogenated alkanes) is 13. The molecule has 2 heteroatoms. The summed E-state index contributed by atoms with van der Waals surface area (Å²) in [6, 6.07) is 26.6. The van der Waals surface area contributed by atoms with Crippen molar-refractivity contribution in [3.05, 3.63) is 96.1 Å². The largest absolute Gasteiger partial charge is 0.289 e. The molecule has 0 unspecified atom stereocenters. The van der Waals surface area contributed by atoms with Crippen LogP contribution >= 0.6 is 11.8 Å². The molecular weight excluding hydrogens is 492 g/mol. The second-order valence-electron chi connectivity index (χ2n) is 10.7. The van der Waals surface area contributed by atoms with E-state index < -0.39 is 0 Å². The second kappa shape index (κ2) is 19.5. The average Bonchev–Trinajstić information content (AvgIpc) is 2.99. The van der Waals surface area contributed by atoms with Gasteiger partial charge in [-0.2, -0.15) is 0 Å². The molecule has 208 valence electrons. The van der Waals surface area contributed by atoms with Gasteiger partial charge in [0, 0.05) is 10.5 Å². The number of benzene rings is 3. The Morgan fingerprint density at radius 2 is 1.10 bits per heavy atom. The molecule has 0 bridgehead atoms. The van der Waals surface area contributed by atoms with Crippen molar-refractivity contribution < 1.29 is 4.79 Å². The van der Waals surface area contributed by atoms with E-state index in [2.05, 4.69) is 43.3 Å². The first-order valence-electron chi connectivity index (χ1n) is 15.4. The van der Waals surface area contributed by atoms with E-state index >= 15 is 0 Å². The zero-order valence-electron chi connectivity index (χ0n) is 24.1. The molecule has 3 aromatic rings. The second-order valence-corrected chi connectivity index (χ2v) is 11.8. The Morgan fingerprint density at radius 3 is 1.67 bits per heavy atom. The zero-order chi connectivity index (χ0) is 27.4. The van der Waals surface area contributed by atoms with Gasteiger partial charge in [0.1, 0.15) is 0 Å². The molecule has 3 aromatic carbocycles. The molecule has 0 atom stereocenters. The van der Waals surface area contributed by atoms with Crippen LogP contribution in [0.15, 0.2) is 89.8 Å². The van der Waals surface area contributed by atoms with Crippen LogP contribution in [0.5, 0.6) is 0 Å². The van der Waals surface area contributed by atoms with Gasteiger partial charge in [-0.1, -0.05) is 163 Å². The van der Waals surface area contributed by atoms with E-state index in [1.54, 1.807) is 6.08 Å². The Morgan fingerprint density at radius 1 is 0.590 bits per heavy atom. The molecule has 1 nitrogen and oxygen atoms in total. The van der Waals surface area contributed by atoms with Crippen molar-refractivity contribution in [3.8, 4) is 11.1 Å². The molecule has 0 radical (unpaired) electrons. The maximum Gasteiger partial charge on any atom is 0.185 e. The van der Waals surface area contributed by atoms with Gasteiger partial charge in [-0.25, -0.2) is 0 Å². The molecule has 0 fully saturated rings. The monoisotopic (exact) mass is 540 g/mol. The molecule has 0 heterocycles. The first kappa shape index (κ1) is 31.0. The molecule has 0 spiro atoms. The van der Waals surface area contributed by atoms with Crippen LogP contribution in [0.25, 0.3) is 17.2 Å². The van der Waals surface area contributed by atoms with Crippen molar-refractivity contribution in [2.24, 2.45) is 0 Å². The minimum absolute atomic E-state index is 0.0332. The fourth-order valence-electron chi connectivity index (χ4n) is 4.89. The lowest BCUT2D eigenvalue weighted by Crippen LogP contribution is -1.93. The summed E-state index contributed by atoms with van der Waals surface area (Å²) in [6.07, 6.45) is 23.3. The van der Waals surface area contributed by atoms with Crippen LogP contribution in [0.1, 0.15) is 113 Å². The molecule has 0 aliphatic rings. The highest BCUT2D eigenvalue weighted by molar-refractivity contribution is 7.99. The molecular formula is C37H48OS. The van der Waals surface area contributed by atoms with Crippen LogP contribution in [-0.4, -0.2) is 11.5 Å². The number of ketones is 1. The fraction of sp³-hybridized carbons (Fsp3) is 0.432. The molecule has 0 N–H and O–H groups in total. The molecule has 0 aliphatic heterocycles. The van der Waals surface area contributed by atoms with Crippen molar-refractivity contribution in [2.75, 3.05) is 5.75 Å². The van der Waals surface area contributed by atoms with Crippen LogP contribution in [0.3, 0.4) is 0 Å². The third-order valence-corrected chi connectivity index (χ3v) is 8.45. The number of carbonyl (C=O) groups excluding carboxylic acids is 1. The quantitative estimate of drug-likeness (QED) is 0.0613. The van der Waals surface area contributed by atoms with Crippen molar-refractivity contribution in [1.29, 1.82) is 0 Å². The van der Waals surface area contributed by atoms with Crippen LogP contribution in [-0.2, 0) is 0 Å². The fourth-order valence-corrected chi connectivity index (χ4v) is 5.80. The topological polar surface area (TPSA) is 17.1 Å². The van der Waals surface area contributed by atoms with E-state index in [1.807, 2.05) is 60.3 Å². The maximum absolute atomic E-state index is 12.6. The van der Waals surface area contributed by atoms with Crippen LogP contribution < -0.4 is 0 Å². The van der Waals surface area contributed by atoms with E-state index in [0.29, 0.717) is 5.56 Å². The van der Waals surface area contributed by atoms with Gasteiger partial charge in [-0.05, 0) is 47.1 Å². The Balaban J connectivity index is 1.23. The summed E-state index contributed by atoms with van der Waals surface area (Å²) >= 11 is 1.94. The smallest absolute Gasteiger partial charge is 0.185 e. The van der Waals surface area contributed by atoms with Gasteiger partial charge in [0.05, 0.1) is 0 Å².